The smallest absolute Gasteiger partial charge is 0.236 e. The van der Waals surface area contributed by atoms with Crippen LogP contribution in [0.3, 0.4) is 0 Å². The molecule has 0 spiro atoms. The Morgan fingerprint density at radius 3 is 2.62 bits per heavy atom. The van der Waals surface area contributed by atoms with Crippen molar-refractivity contribution in [1.29, 1.82) is 0 Å². The van der Waals surface area contributed by atoms with Gasteiger partial charge in [0.1, 0.15) is 0 Å². The van der Waals surface area contributed by atoms with E-state index in [1.54, 1.807) is 4.90 Å². The topological polar surface area (TPSA) is 53.0 Å². The number of ether oxygens (including phenoxy) is 1. The van der Waals surface area contributed by atoms with Crippen molar-refractivity contribution < 1.29 is 14.6 Å². The summed E-state index contributed by atoms with van der Waals surface area (Å²) in [6.07, 6.45) is -0.213. The van der Waals surface area contributed by atoms with Crippen LogP contribution in [-0.4, -0.2) is 73.9 Å². The van der Waals surface area contributed by atoms with E-state index in [1.165, 1.54) is 0 Å². The van der Waals surface area contributed by atoms with Gasteiger partial charge in [0.05, 0.1) is 25.9 Å². The Hall–Kier alpha value is -0.650. The lowest BCUT2D eigenvalue weighted by Gasteiger charge is -2.32. The number of aliphatic hydroxyl groups excluding tert-OH is 1. The van der Waals surface area contributed by atoms with Crippen LogP contribution in [0, 0.1) is 0 Å². The molecule has 5 heteroatoms. The minimum absolute atomic E-state index is 0.0221. The highest BCUT2D eigenvalue weighted by molar-refractivity contribution is 5.78. The summed E-state index contributed by atoms with van der Waals surface area (Å²) in [5, 5.41) is 8.90. The van der Waals surface area contributed by atoms with Gasteiger partial charge in [-0.1, -0.05) is 13.8 Å². The van der Waals surface area contributed by atoms with Crippen LogP contribution < -0.4 is 0 Å². The van der Waals surface area contributed by atoms with Crippen LogP contribution in [0.5, 0.6) is 0 Å². The lowest BCUT2D eigenvalue weighted by Crippen LogP contribution is -2.49. The van der Waals surface area contributed by atoms with Crippen molar-refractivity contribution in [3.05, 3.63) is 0 Å². The molecule has 0 aliphatic carbocycles. The highest BCUT2D eigenvalue weighted by Gasteiger charge is 2.23. The fourth-order valence-electron chi connectivity index (χ4n) is 1.43. The molecule has 0 bridgehead atoms. The Morgan fingerprint density at radius 1 is 1.50 bits per heavy atom. The first-order chi connectivity index (χ1) is 7.63. The van der Waals surface area contributed by atoms with Crippen molar-refractivity contribution in [2.24, 2.45) is 0 Å². The second-order valence-corrected chi connectivity index (χ2v) is 3.75. The maximum atomic E-state index is 11.6. The third kappa shape index (κ3) is 5.44. The first-order valence-corrected chi connectivity index (χ1v) is 5.78. The molecule has 0 saturated carbocycles. The van der Waals surface area contributed by atoms with Crippen LogP contribution in [0.2, 0.25) is 0 Å². The molecule has 0 aromatic heterocycles. The van der Waals surface area contributed by atoms with Gasteiger partial charge in [-0.15, -0.1) is 0 Å². The van der Waals surface area contributed by atoms with Crippen LogP contribution in [0.4, 0.5) is 0 Å². The van der Waals surface area contributed by atoms with Crippen molar-refractivity contribution in [3.63, 3.8) is 0 Å². The largest absolute Gasteiger partial charge is 0.394 e. The first kappa shape index (κ1) is 15.3. The number of aliphatic hydroxyl groups is 1. The zero-order valence-corrected chi connectivity index (χ0v) is 10.8. The van der Waals surface area contributed by atoms with E-state index >= 15 is 0 Å². The van der Waals surface area contributed by atoms with Crippen molar-refractivity contribution in [3.8, 4) is 0 Å². The van der Waals surface area contributed by atoms with Crippen molar-refractivity contribution in [2.45, 2.75) is 20.0 Å². The van der Waals surface area contributed by atoms with Crippen molar-refractivity contribution >= 4 is 5.91 Å². The molecule has 1 heterocycles. The van der Waals surface area contributed by atoms with Gasteiger partial charge in [-0.05, 0) is 14.1 Å². The summed E-state index contributed by atoms with van der Waals surface area (Å²) in [5.74, 6) is 0.0942. The maximum Gasteiger partial charge on any atom is 0.236 e. The third-order valence-corrected chi connectivity index (χ3v) is 2.15. The predicted octanol–water partition coefficient (Wildman–Crippen LogP) is -0.206. The van der Waals surface area contributed by atoms with Gasteiger partial charge in [0, 0.05) is 13.1 Å². The second-order valence-electron chi connectivity index (χ2n) is 3.75. The number of carbonyl (C=O) groups is 1. The maximum absolute atomic E-state index is 11.6. The number of rotatable bonds is 3. The van der Waals surface area contributed by atoms with E-state index in [0.29, 0.717) is 26.2 Å². The lowest BCUT2D eigenvalue weighted by molar-refractivity contribution is -0.140. The molecule has 1 unspecified atom stereocenters. The molecule has 0 radical (unpaired) electrons. The minimum Gasteiger partial charge on any atom is -0.394 e. The summed E-state index contributed by atoms with van der Waals surface area (Å²) < 4.78 is 5.25. The van der Waals surface area contributed by atoms with Gasteiger partial charge < -0.3 is 19.6 Å². The van der Waals surface area contributed by atoms with E-state index in [-0.39, 0.29) is 18.6 Å². The average Bonchev–Trinajstić information content (AvgIpc) is 2.31. The van der Waals surface area contributed by atoms with Gasteiger partial charge in [0.2, 0.25) is 5.91 Å². The van der Waals surface area contributed by atoms with E-state index in [1.807, 2.05) is 32.8 Å². The summed E-state index contributed by atoms with van der Waals surface area (Å²) in [5.41, 5.74) is 0. The molecule has 1 rings (SSSR count). The third-order valence-electron chi connectivity index (χ3n) is 2.15. The highest BCUT2D eigenvalue weighted by atomic mass is 16.5. The minimum atomic E-state index is -0.213. The highest BCUT2D eigenvalue weighted by Crippen LogP contribution is 2.04. The molecule has 1 amide bonds. The molecule has 1 atom stereocenters. The van der Waals surface area contributed by atoms with E-state index < -0.39 is 0 Å². The number of morpholine rings is 1. The van der Waals surface area contributed by atoms with Gasteiger partial charge >= 0.3 is 0 Å². The zero-order valence-electron chi connectivity index (χ0n) is 10.8. The molecule has 16 heavy (non-hydrogen) atoms. The number of hydrogen-bond acceptors (Lipinski definition) is 4. The van der Waals surface area contributed by atoms with Gasteiger partial charge in [-0.2, -0.15) is 0 Å². The van der Waals surface area contributed by atoms with E-state index in [9.17, 15) is 4.79 Å². The predicted molar refractivity (Wildman–Crippen MR) is 63.3 cm³/mol. The summed E-state index contributed by atoms with van der Waals surface area (Å²) in [4.78, 5) is 15.2. The zero-order chi connectivity index (χ0) is 12.6. The normalized spacial score (nSPS) is 20.4. The SMILES string of the molecule is CC.CN(C)CC(=O)N1CCOC(CO)C1. The molecule has 96 valence electrons. The summed E-state index contributed by atoms with van der Waals surface area (Å²) in [6, 6.07) is 0. The van der Waals surface area contributed by atoms with Crippen LogP contribution in [0.15, 0.2) is 0 Å². The van der Waals surface area contributed by atoms with Gasteiger partial charge in [-0.25, -0.2) is 0 Å². The lowest BCUT2D eigenvalue weighted by atomic mass is 10.3. The van der Waals surface area contributed by atoms with E-state index in [4.69, 9.17) is 9.84 Å². The molecule has 5 nitrogen and oxygen atoms in total. The molecule has 1 fully saturated rings. The standard InChI is InChI=1S/C9H18N2O3.C2H6/c1-10(2)6-9(13)11-3-4-14-8(5-11)7-12;1-2/h8,12H,3-7H2,1-2H3;1-2H3. The van der Waals surface area contributed by atoms with Gasteiger partial charge in [0.15, 0.2) is 0 Å². The quantitative estimate of drug-likeness (QED) is 0.732. The van der Waals surface area contributed by atoms with Gasteiger partial charge in [0.25, 0.3) is 0 Å². The van der Waals surface area contributed by atoms with Crippen LogP contribution >= 0.6 is 0 Å². The molecule has 1 aliphatic heterocycles. The molecular formula is C11H24N2O3. The molecular weight excluding hydrogens is 208 g/mol. The number of carbonyl (C=O) groups excluding carboxylic acids is 1. The molecule has 1 aliphatic rings. The Kier molecular flexibility index (Phi) is 8.15. The Labute approximate surface area is 98.0 Å². The fourth-order valence-corrected chi connectivity index (χ4v) is 1.43. The second kappa shape index (κ2) is 8.50. The van der Waals surface area contributed by atoms with Crippen molar-refractivity contribution in [2.75, 3.05) is 46.9 Å². The van der Waals surface area contributed by atoms with Crippen LogP contribution in [-0.2, 0) is 9.53 Å². The molecule has 1 N–H and O–H groups in total. The molecule has 1 saturated heterocycles. The molecule has 0 aromatic rings. The Morgan fingerprint density at radius 2 is 2.12 bits per heavy atom. The number of nitrogens with zero attached hydrogens (tertiary/aromatic N) is 2. The number of hydrogen-bond donors (Lipinski definition) is 1. The monoisotopic (exact) mass is 232 g/mol. The Bertz CT molecular complexity index is 198. The first-order valence-electron chi connectivity index (χ1n) is 5.78. The van der Waals surface area contributed by atoms with Crippen LogP contribution in [0.25, 0.3) is 0 Å². The summed E-state index contributed by atoms with van der Waals surface area (Å²) >= 11 is 0. The fraction of sp³-hybridized carbons (Fsp3) is 0.909. The number of likely N-dealkylation sites (N-methyl/N-ethyl adjacent to an activating group) is 1. The van der Waals surface area contributed by atoms with E-state index in [2.05, 4.69) is 0 Å². The van der Waals surface area contributed by atoms with E-state index in [0.717, 1.165) is 0 Å². The summed E-state index contributed by atoms with van der Waals surface area (Å²) in [6.45, 7) is 6.04. The summed E-state index contributed by atoms with van der Waals surface area (Å²) in [7, 11) is 3.73. The van der Waals surface area contributed by atoms with Gasteiger partial charge in [-0.3, -0.25) is 4.79 Å². The number of amides is 1. The van der Waals surface area contributed by atoms with Crippen molar-refractivity contribution in [1.82, 2.24) is 9.80 Å². The average molecular weight is 232 g/mol. The molecule has 0 aromatic carbocycles. The van der Waals surface area contributed by atoms with Crippen LogP contribution in [0.1, 0.15) is 13.8 Å². The Balaban J connectivity index is 0.00000106.